The predicted molar refractivity (Wildman–Crippen MR) is 133 cm³/mol. The van der Waals surface area contributed by atoms with Gasteiger partial charge in [0.1, 0.15) is 5.82 Å². The summed E-state index contributed by atoms with van der Waals surface area (Å²) < 4.78 is 7.73. The first kappa shape index (κ1) is 24.2. The average molecular weight is 524 g/mol. The molecule has 0 amide bonds. The highest BCUT2D eigenvalue weighted by atomic mass is 127. The van der Waals surface area contributed by atoms with E-state index < -0.39 is 0 Å². The molecule has 0 spiro atoms. The molecule has 8 heteroatoms. The molecular weight excluding hydrogens is 491 g/mol. The fourth-order valence-corrected chi connectivity index (χ4v) is 3.63. The Balaban J connectivity index is 0.00000320. The topological polar surface area (TPSA) is 80.3 Å². The number of nitrogens with zero attached hydrogens (tertiary/aromatic N) is 4. The van der Waals surface area contributed by atoms with Crippen LogP contribution in [0.5, 0.6) is 0 Å². The van der Waals surface area contributed by atoms with Crippen LogP contribution in [0.25, 0.3) is 11.0 Å². The van der Waals surface area contributed by atoms with E-state index in [9.17, 15) is 0 Å². The maximum absolute atomic E-state index is 5.47. The summed E-state index contributed by atoms with van der Waals surface area (Å²) in [5.41, 5.74) is 3.28. The smallest absolute Gasteiger partial charge is 0.191 e. The van der Waals surface area contributed by atoms with E-state index in [1.54, 1.807) is 7.05 Å². The third-order valence-electron chi connectivity index (χ3n) is 5.33. The molecular formula is C22H33IN6O. The molecule has 1 aromatic carbocycles. The minimum atomic E-state index is 0. The summed E-state index contributed by atoms with van der Waals surface area (Å²) in [4.78, 5) is 8.92. The molecule has 7 nitrogen and oxygen atoms in total. The number of rotatable bonds is 9. The first-order valence-electron chi connectivity index (χ1n) is 10.5. The Hall–Kier alpha value is -2.10. The lowest BCUT2D eigenvalue weighted by Crippen LogP contribution is -2.37. The molecule has 3 rings (SSSR count). The number of halogens is 1. The molecule has 0 fully saturated rings. The second-order valence-corrected chi connectivity index (χ2v) is 7.24. The zero-order valence-corrected chi connectivity index (χ0v) is 20.6. The number of hydrogen-bond donors (Lipinski definition) is 2. The van der Waals surface area contributed by atoms with Crippen LogP contribution in [0.3, 0.4) is 0 Å². The number of fused-ring (bicyclic) bond motifs is 1. The third kappa shape index (κ3) is 5.96. The van der Waals surface area contributed by atoms with E-state index in [4.69, 9.17) is 4.52 Å². The fraction of sp³-hybridized carbons (Fsp3) is 0.500. The van der Waals surface area contributed by atoms with Gasteiger partial charge in [0.15, 0.2) is 11.7 Å². The Morgan fingerprint density at radius 3 is 2.70 bits per heavy atom. The SMILES string of the molecule is CCC(CC)c1cc(CNC(=NC)NCCCn2c(C)nc3ccccc32)on1.I. The van der Waals surface area contributed by atoms with E-state index in [1.807, 2.05) is 12.1 Å². The molecule has 0 aliphatic carbocycles. The van der Waals surface area contributed by atoms with Crippen molar-refractivity contribution >= 4 is 41.0 Å². The molecule has 0 bridgehead atoms. The molecule has 0 saturated carbocycles. The van der Waals surface area contributed by atoms with Gasteiger partial charge in [0.05, 0.1) is 23.3 Å². The summed E-state index contributed by atoms with van der Waals surface area (Å²) in [6.45, 7) is 8.72. The van der Waals surface area contributed by atoms with Crippen molar-refractivity contribution < 1.29 is 4.52 Å². The van der Waals surface area contributed by atoms with Gasteiger partial charge in [0.25, 0.3) is 0 Å². The standard InChI is InChI=1S/C22H32N6O.HI/c1-5-17(6-2)20-14-18(29-27-20)15-25-22(23-4)24-12-9-13-28-16(3)26-19-10-7-8-11-21(19)28;/h7-8,10-11,14,17H,5-6,9,12-13,15H2,1-4H3,(H2,23,24,25);1H. The number of aromatic nitrogens is 3. The maximum Gasteiger partial charge on any atom is 0.191 e. The van der Waals surface area contributed by atoms with Crippen LogP contribution in [0.2, 0.25) is 0 Å². The molecule has 2 N–H and O–H groups in total. The minimum absolute atomic E-state index is 0. The largest absolute Gasteiger partial charge is 0.359 e. The number of nitrogens with one attached hydrogen (secondary N) is 2. The predicted octanol–water partition coefficient (Wildman–Crippen LogP) is 4.61. The minimum Gasteiger partial charge on any atom is -0.359 e. The molecule has 0 radical (unpaired) electrons. The van der Waals surface area contributed by atoms with Crippen LogP contribution in [0.15, 0.2) is 39.8 Å². The number of aryl methyl sites for hydroxylation is 2. The van der Waals surface area contributed by atoms with E-state index >= 15 is 0 Å². The average Bonchev–Trinajstić information content (AvgIpc) is 3.32. The monoisotopic (exact) mass is 524 g/mol. The van der Waals surface area contributed by atoms with Crippen LogP contribution < -0.4 is 10.6 Å². The Morgan fingerprint density at radius 1 is 1.20 bits per heavy atom. The molecule has 2 heterocycles. The lowest BCUT2D eigenvalue weighted by Gasteiger charge is -2.12. The molecule has 0 aliphatic heterocycles. The van der Waals surface area contributed by atoms with Crippen molar-refractivity contribution in [2.75, 3.05) is 13.6 Å². The molecule has 0 aliphatic rings. The van der Waals surface area contributed by atoms with Crippen molar-refractivity contribution in [1.82, 2.24) is 25.3 Å². The normalized spacial score (nSPS) is 11.7. The molecule has 3 aromatic rings. The zero-order valence-electron chi connectivity index (χ0n) is 18.3. The van der Waals surface area contributed by atoms with Crippen molar-refractivity contribution in [3.63, 3.8) is 0 Å². The fourth-order valence-electron chi connectivity index (χ4n) is 3.63. The second kappa shape index (κ2) is 11.9. The van der Waals surface area contributed by atoms with Gasteiger partial charge in [0, 0.05) is 32.1 Å². The third-order valence-corrected chi connectivity index (χ3v) is 5.33. The van der Waals surface area contributed by atoms with Gasteiger partial charge in [-0.05, 0) is 38.3 Å². The Morgan fingerprint density at radius 2 is 1.97 bits per heavy atom. The Labute approximate surface area is 195 Å². The number of aliphatic imine (C=N–C) groups is 1. The van der Waals surface area contributed by atoms with Gasteiger partial charge in [-0.3, -0.25) is 4.99 Å². The Bertz CT molecular complexity index is 944. The highest BCUT2D eigenvalue weighted by Crippen LogP contribution is 2.22. The summed E-state index contributed by atoms with van der Waals surface area (Å²) >= 11 is 0. The lowest BCUT2D eigenvalue weighted by atomic mass is 9.99. The number of hydrogen-bond acceptors (Lipinski definition) is 4. The second-order valence-electron chi connectivity index (χ2n) is 7.24. The molecule has 2 aromatic heterocycles. The molecule has 0 atom stereocenters. The lowest BCUT2D eigenvalue weighted by molar-refractivity contribution is 0.368. The summed E-state index contributed by atoms with van der Waals surface area (Å²) in [7, 11) is 1.78. The summed E-state index contributed by atoms with van der Waals surface area (Å²) in [5.74, 6) is 3.10. The maximum atomic E-state index is 5.47. The van der Waals surface area contributed by atoms with Crippen LogP contribution in [-0.4, -0.2) is 34.3 Å². The van der Waals surface area contributed by atoms with Crippen molar-refractivity contribution in [2.45, 2.75) is 59.0 Å². The first-order valence-corrected chi connectivity index (χ1v) is 10.5. The van der Waals surface area contributed by atoms with Crippen molar-refractivity contribution in [3.8, 4) is 0 Å². The van der Waals surface area contributed by atoms with Crippen LogP contribution >= 0.6 is 24.0 Å². The van der Waals surface area contributed by atoms with E-state index in [0.29, 0.717) is 12.5 Å². The van der Waals surface area contributed by atoms with Crippen molar-refractivity contribution in [2.24, 2.45) is 4.99 Å². The van der Waals surface area contributed by atoms with Gasteiger partial charge in [-0.1, -0.05) is 31.1 Å². The zero-order chi connectivity index (χ0) is 20.6. The number of benzene rings is 1. The van der Waals surface area contributed by atoms with E-state index in [-0.39, 0.29) is 24.0 Å². The van der Waals surface area contributed by atoms with Gasteiger partial charge in [-0.15, -0.1) is 24.0 Å². The van der Waals surface area contributed by atoms with Gasteiger partial charge >= 0.3 is 0 Å². The molecule has 30 heavy (non-hydrogen) atoms. The van der Waals surface area contributed by atoms with Crippen LogP contribution in [0.1, 0.15) is 56.3 Å². The van der Waals surface area contributed by atoms with E-state index in [0.717, 1.165) is 61.1 Å². The van der Waals surface area contributed by atoms with Crippen LogP contribution in [0, 0.1) is 6.92 Å². The van der Waals surface area contributed by atoms with Gasteiger partial charge in [-0.25, -0.2) is 4.98 Å². The van der Waals surface area contributed by atoms with Crippen LogP contribution in [0.4, 0.5) is 0 Å². The highest BCUT2D eigenvalue weighted by molar-refractivity contribution is 14.0. The Kier molecular flexibility index (Phi) is 9.61. The van der Waals surface area contributed by atoms with Gasteiger partial charge < -0.3 is 19.7 Å². The summed E-state index contributed by atoms with van der Waals surface area (Å²) in [6.07, 6.45) is 3.12. The van der Waals surface area contributed by atoms with Gasteiger partial charge in [-0.2, -0.15) is 0 Å². The molecule has 164 valence electrons. The van der Waals surface area contributed by atoms with E-state index in [2.05, 4.69) is 69.3 Å². The number of para-hydroxylation sites is 2. The molecule has 0 saturated heterocycles. The van der Waals surface area contributed by atoms with Crippen molar-refractivity contribution in [3.05, 3.63) is 47.6 Å². The van der Waals surface area contributed by atoms with Crippen LogP contribution in [-0.2, 0) is 13.1 Å². The van der Waals surface area contributed by atoms with E-state index in [1.165, 1.54) is 5.52 Å². The summed E-state index contributed by atoms with van der Waals surface area (Å²) in [5, 5.41) is 10.9. The van der Waals surface area contributed by atoms with Gasteiger partial charge in [0.2, 0.25) is 0 Å². The summed E-state index contributed by atoms with van der Waals surface area (Å²) in [6, 6.07) is 10.3. The number of imidazole rings is 1. The molecule has 0 unspecified atom stereocenters. The number of guanidine groups is 1. The highest BCUT2D eigenvalue weighted by Gasteiger charge is 2.13. The quantitative estimate of drug-likeness (QED) is 0.185. The first-order chi connectivity index (χ1) is 14.2. The van der Waals surface area contributed by atoms with Crippen molar-refractivity contribution in [1.29, 1.82) is 0 Å².